The molecule has 2 aromatic carbocycles. The first-order valence-electron chi connectivity index (χ1n) is 8.94. The van der Waals surface area contributed by atoms with Gasteiger partial charge in [0.15, 0.2) is 5.78 Å². The SMILES string of the molecule is CC(=O)c1cccc(NC(=O)c2ccnc(Nc3c(C)cc(C)cc3C)n2)c1. The first-order chi connectivity index (χ1) is 13.3. The summed E-state index contributed by atoms with van der Waals surface area (Å²) in [6, 6.07) is 12.5. The minimum Gasteiger partial charge on any atom is -0.324 e. The lowest BCUT2D eigenvalue weighted by Gasteiger charge is -2.13. The third-order valence-corrected chi connectivity index (χ3v) is 4.33. The Labute approximate surface area is 164 Å². The van der Waals surface area contributed by atoms with Gasteiger partial charge in [0.25, 0.3) is 5.91 Å². The van der Waals surface area contributed by atoms with Crippen molar-refractivity contribution in [3.05, 3.63) is 76.6 Å². The van der Waals surface area contributed by atoms with Crippen molar-refractivity contribution < 1.29 is 9.59 Å². The molecule has 3 rings (SSSR count). The Kier molecular flexibility index (Phi) is 5.49. The van der Waals surface area contributed by atoms with Gasteiger partial charge in [-0.2, -0.15) is 0 Å². The van der Waals surface area contributed by atoms with Crippen molar-refractivity contribution >= 4 is 29.0 Å². The highest BCUT2D eigenvalue weighted by molar-refractivity contribution is 6.04. The van der Waals surface area contributed by atoms with E-state index in [1.165, 1.54) is 18.7 Å². The Morgan fingerprint density at radius 3 is 2.36 bits per heavy atom. The number of Topliss-reactive ketones (excluding diaryl/α,β-unsaturated/α-hetero) is 1. The minimum absolute atomic E-state index is 0.0616. The monoisotopic (exact) mass is 374 g/mol. The molecule has 1 heterocycles. The summed E-state index contributed by atoms with van der Waals surface area (Å²) in [5.41, 5.74) is 5.58. The summed E-state index contributed by atoms with van der Waals surface area (Å²) >= 11 is 0. The molecule has 28 heavy (non-hydrogen) atoms. The van der Waals surface area contributed by atoms with E-state index in [2.05, 4.69) is 32.7 Å². The maximum Gasteiger partial charge on any atom is 0.274 e. The van der Waals surface area contributed by atoms with Crippen LogP contribution >= 0.6 is 0 Å². The van der Waals surface area contributed by atoms with Crippen molar-refractivity contribution in [3.8, 4) is 0 Å². The number of amides is 1. The van der Waals surface area contributed by atoms with Gasteiger partial charge in [0.1, 0.15) is 5.69 Å². The molecule has 0 atom stereocenters. The standard InChI is InChI=1S/C22H22N4O2/c1-13-10-14(2)20(15(3)11-13)26-22-23-9-8-19(25-22)21(28)24-18-7-5-6-17(12-18)16(4)27/h5-12H,1-4H3,(H,24,28)(H,23,25,26). The molecule has 3 aromatic rings. The lowest BCUT2D eigenvalue weighted by molar-refractivity contribution is 0.100. The quantitative estimate of drug-likeness (QED) is 0.638. The molecule has 142 valence electrons. The molecular weight excluding hydrogens is 352 g/mol. The van der Waals surface area contributed by atoms with Gasteiger partial charge in [0, 0.05) is 23.1 Å². The van der Waals surface area contributed by atoms with Gasteiger partial charge in [0.05, 0.1) is 0 Å². The summed E-state index contributed by atoms with van der Waals surface area (Å²) in [7, 11) is 0. The molecule has 0 unspecified atom stereocenters. The lowest BCUT2D eigenvalue weighted by Crippen LogP contribution is -2.15. The fourth-order valence-electron chi connectivity index (χ4n) is 3.05. The number of nitrogens with zero attached hydrogens (tertiary/aromatic N) is 2. The van der Waals surface area contributed by atoms with Gasteiger partial charge in [-0.3, -0.25) is 9.59 Å². The van der Waals surface area contributed by atoms with E-state index < -0.39 is 0 Å². The number of benzene rings is 2. The van der Waals surface area contributed by atoms with E-state index in [4.69, 9.17) is 0 Å². The number of nitrogens with one attached hydrogen (secondary N) is 2. The molecule has 6 heteroatoms. The van der Waals surface area contributed by atoms with Crippen LogP contribution in [0.5, 0.6) is 0 Å². The molecule has 0 aliphatic rings. The number of aryl methyl sites for hydroxylation is 3. The molecule has 1 amide bonds. The van der Waals surface area contributed by atoms with E-state index in [0.29, 0.717) is 17.2 Å². The van der Waals surface area contributed by atoms with Gasteiger partial charge < -0.3 is 10.6 Å². The summed E-state index contributed by atoms with van der Waals surface area (Å²) in [4.78, 5) is 32.6. The van der Waals surface area contributed by atoms with Crippen molar-refractivity contribution in [2.75, 3.05) is 10.6 Å². The van der Waals surface area contributed by atoms with Gasteiger partial charge in [-0.05, 0) is 57.0 Å². The average molecular weight is 374 g/mol. The Morgan fingerprint density at radius 1 is 0.964 bits per heavy atom. The lowest BCUT2D eigenvalue weighted by atomic mass is 10.1. The number of carbonyl (C=O) groups is 2. The highest BCUT2D eigenvalue weighted by atomic mass is 16.2. The number of ketones is 1. The number of hydrogen-bond donors (Lipinski definition) is 2. The average Bonchev–Trinajstić information content (AvgIpc) is 2.65. The molecule has 2 N–H and O–H groups in total. The van der Waals surface area contributed by atoms with E-state index in [1.54, 1.807) is 30.3 Å². The van der Waals surface area contributed by atoms with E-state index in [1.807, 2.05) is 20.8 Å². The van der Waals surface area contributed by atoms with Crippen LogP contribution in [-0.4, -0.2) is 21.7 Å². The largest absolute Gasteiger partial charge is 0.324 e. The molecule has 0 bridgehead atoms. The summed E-state index contributed by atoms with van der Waals surface area (Å²) in [5, 5.41) is 5.97. The van der Waals surface area contributed by atoms with Crippen LogP contribution in [0.25, 0.3) is 0 Å². The number of hydrogen-bond acceptors (Lipinski definition) is 5. The van der Waals surface area contributed by atoms with Gasteiger partial charge in [-0.25, -0.2) is 9.97 Å². The molecular formula is C22H22N4O2. The van der Waals surface area contributed by atoms with Crippen molar-refractivity contribution in [3.63, 3.8) is 0 Å². The molecule has 0 spiro atoms. The molecule has 0 aliphatic heterocycles. The van der Waals surface area contributed by atoms with Crippen molar-refractivity contribution in [2.45, 2.75) is 27.7 Å². The zero-order chi connectivity index (χ0) is 20.3. The van der Waals surface area contributed by atoms with Gasteiger partial charge in [0.2, 0.25) is 5.95 Å². The summed E-state index contributed by atoms with van der Waals surface area (Å²) in [5.74, 6) is -0.0860. The van der Waals surface area contributed by atoms with E-state index in [-0.39, 0.29) is 17.4 Å². The Morgan fingerprint density at radius 2 is 1.68 bits per heavy atom. The smallest absolute Gasteiger partial charge is 0.274 e. The van der Waals surface area contributed by atoms with E-state index >= 15 is 0 Å². The van der Waals surface area contributed by atoms with Crippen LogP contribution in [0.1, 0.15) is 44.5 Å². The van der Waals surface area contributed by atoms with Gasteiger partial charge >= 0.3 is 0 Å². The van der Waals surface area contributed by atoms with Crippen molar-refractivity contribution in [1.29, 1.82) is 0 Å². The molecule has 0 fully saturated rings. The summed E-state index contributed by atoms with van der Waals surface area (Å²) in [6.07, 6.45) is 1.54. The molecule has 0 aliphatic carbocycles. The maximum absolute atomic E-state index is 12.6. The predicted molar refractivity (Wildman–Crippen MR) is 110 cm³/mol. The first-order valence-corrected chi connectivity index (χ1v) is 8.94. The van der Waals surface area contributed by atoms with Gasteiger partial charge in [-0.15, -0.1) is 0 Å². The summed E-state index contributed by atoms with van der Waals surface area (Å²) < 4.78 is 0. The van der Waals surface area contributed by atoms with Gasteiger partial charge in [-0.1, -0.05) is 29.8 Å². The molecule has 6 nitrogen and oxygen atoms in total. The highest BCUT2D eigenvalue weighted by Crippen LogP contribution is 2.24. The van der Waals surface area contributed by atoms with Crippen LogP contribution in [0.4, 0.5) is 17.3 Å². The number of anilines is 3. The Bertz CT molecular complexity index is 1040. The third kappa shape index (κ3) is 4.40. The minimum atomic E-state index is -0.372. The normalized spacial score (nSPS) is 10.4. The predicted octanol–water partition coefficient (Wildman–Crippen LogP) is 4.60. The van der Waals surface area contributed by atoms with Crippen LogP contribution in [0.15, 0.2) is 48.7 Å². The second-order valence-electron chi connectivity index (χ2n) is 6.76. The fraction of sp³-hybridized carbons (Fsp3) is 0.182. The van der Waals surface area contributed by atoms with Crippen molar-refractivity contribution in [2.24, 2.45) is 0 Å². The van der Waals surface area contributed by atoms with Crippen LogP contribution in [0, 0.1) is 20.8 Å². The van der Waals surface area contributed by atoms with Crippen LogP contribution < -0.4 is 10.6 Å². The zero-order valence-corrected chi connectivity index (χ0v) is 16.3. The summed E-state index contributed by atoms with van der Waals surface area (Å²) in [6.45, 7) is 7.56. The maximum atomic E-state index is 12.6. The van der Waals surface area contributed by atoms with Crippen LogP contribution in [0.2, 0.25) is 0 Å². The molecule has 0 radical (unpaired) electrons. The van der Waals surface area contributed by atoms with E-state index in [9.17, 15) is 9.59 Å². The first kappa shape index (κ1) is 19.2. The number of carbonyl (C=O) groups excluding carboxylic acids is 2. The van der Waals surface area contributed by atoms with Crippen molar-refractivity contribution in [1.82, 2.24) is 9.97 Å². The van der Waals surface area contributed by atoms with E-state index in [0.717, 1.165) is 16.8 Å². The second-order valence-corrected chi connectivity index (χ2v) is 6.76. The number of rotatable bonds is 5. The second kappa shape index (κ2) is 8.00. The Hall–Kier alpha value is -3.54. The number of aromatic nitrogens is 2. The Balaban J connectivity index is 1.80. The highest BCUT2D eigenvalue weighted by Gasteiger charge is 2.12. The molecule has 1 aromatic heterocycles. The molecule has 0 saturated heterocycles. The van der Waals surface area contributed by atoms with Crippen LogP contribution in [-0.2, 0) is 0 Å². The zero-order valence-electron chi connectivity index (χ0n) is 16.3. The fourth-order valence-corrected chi connectivity index (χ4v) is 3.05. The van der Waals surface area contributed by atoms with Crippen LogP contribution in [0.3, 0.4) is 0 Å². The molecule has 0 saturated carbocycles. The third-order valence-electron chi connectivity index (χ3n) is 4.33. The topological polar surface area (TPSA) is 84.0 Å².